The van der Waals surface area contributed by atoms with Crippen molar-refractivity contribution in [2.75, 3.05) is 12.0 Å². The first-order chi connectivity index (χ1) is 15.6. The molecule has 0 unspecified atom stereocenters. The van der Waals surface area contributed by atoms with Gasteiger partial charge in [-0.1, -0.05) is 12.1 Å². The number of amides is 1. The molecular weight excluding hydrogens is 448 g/mol. The average molecular weight is 465 g/mol. The third-order valence-electron chi connectivity index (χ3n) is 5.53. The molecule has 33 heavy (non-hydrogen) atoms. The van der Waals surface area contributed by atoms with Crippen LogP contribution in [-0.4, -0.2) is 13.0 Å². The van der Waals surface area contributed by atoms with Gasteiger partial charge in [0.1, 0.15) is 23.2 Å². The van der Waals surface area contributed by atoms with Crippen molar-refractivity contribution in [3.05, 3.63) is 82.7 Å². The van der Waals surface area contributed by atoms with E-state index in [1.54, 1.807) is 6.07 Å². The summed E-state index contributed by atoms with van der Waals surface area (Å²) in [5, 5.41) is 0. The lowest BCUT2D eigenvalue weighted by molar-refractivity contribution is -0.140. The Hall–Kier alpha value is -3.49. The van der Waals surface area contributed by atoms with Gasteiger partial charge >= 0.3 is 6.18 Å². The molecule has 0 aliphatic carbocycles. The Kier molecular flexibility index (Phi) is 5.82. The van der Waals surface area contributed by atoms with Crippen molar-refractivity contribution in [2.24, 2.45) is 0 Å². The molecule has 172 valence electrons. The molecule has 0 atom stereocenters. The van der Waals surface area contributed by atoms with Gasteiger partial charge in [0, 0.05) is 29.7 Å². The van der Waals surface area contributed by atoms with E-state index < -0.39 is 29.2 Å². The number of fused-ring (bicyclic) bond motifs is 1. The van der Waals surface area contributed by atoms with Crippen LogP contribution in [-0.2, 0) is 23.9 Å². The zero-order valence-electron chi connectivity index (χ0n) is 17.3. The number of carbonyl (C=O) groups excluding carboxylic acids is 1. The number of alkyl halides is 3. The Bertz CT molecular complexity index is 1240. The van der Waals surface area contributed by atoms with Crippen LogP contribution in [0.25, 0.3) is 11.1 Å². The van der Waals surface area contributed by atoms with E-state index in [1.165, 1.54) is 24.1 Å². The van der Waals surface area contributed by atoms with Crippen LogP contribution in [0.5, 0.6) is 5.75 Å². The zero-order chi connectivity index (χ0) is 23.9. The number of rotatable bonds is 4. The van der Waals surface area contributed by atoms with Crippen molar-refractivity contribution in [3.63, 3.8) is 0 Å². The van der Waals surface area contributed by atoms with E-state index in [2.05, 4.69) is 0 Å². The van der Waals surface area contributed by atoms with Gasteiger partial charge in [0.25, 0.3) is 0 Å². The van der Waals surface area contributed by atoms with Crippen molar-refractivity contribution >= 4 is 11.6 Å². The molecule has 3 nitrogen and oxygen atoms in total. The molecule has 1 aliphatic heterocycles. The Morgan fingerprint density at radius 2 is 1.70 bits per heavy atom. The molecule has 0 saturated carbocycles. The van der Waals surface area contributed by atoms with Gasteiger partial charge in [0.05, 0.1) is 24.9 Å². The molecule has 9 heteroatoms. The van der Waals surface area contributed by atoms with Gasteiger partial charge < -0.3 is 9.64 Å². The lowest BCUT2D eigenvalue weighted by Gasteiger charge is -2.31. The van der Waals surface area contributed by atoms with Crippen molar-refractivity contribution in [2.45, 2.75) is 25.6 Å². The molecule has 3 aromatic carbocycles. The summed E-state index contributed by atoms with van der Waals surface area (Å²) in [6, 6.07) is 8.81. The fourth-order valence-corrected chi connectivity index (χ4v) is 3.88. The standard InChI is InChI=1S/C24H17F6NO2/c1-33-22-11-21-14(8-17(22)13-3-6-18(20(27)9-13)24(28,29)30)4-7-23(32)31(21)12-15-2-5-16(25)10-19(15)26/h2-3,5-6,8-11H,4,7,12H2,1H3. The van der Waals surface area contributed by atoms with Crippen LogP contribution in [0.1, 0.15) is 23.1 Å². The third kappa shape index (κ3) is 4.40. The number of ether oxygens (including phenoxy) is 1. The van der Waals surface area contributed by atoms with Gasteiger partial charge in [-0.15, -0.1) is 0 Å². The molecule has 0 spiro atoms. The normalized spacial score (nSPS) is 13.8. The molecular formula is C24H17F6NO2. The molecule has 0 fully saturated rings. The highest BCUT2D eigenvalue weighted by atomic mass is 19.4. The molecule has 3 aromatic rings. The van der Waals surface area contributed by atoms with Gasteiger partial charge in [0.15, 0.2) is 0 Å². The molecule has 1 aliphatic rings. The summed E-state index contributed by atoms with van der Waals surface area (Å²) in [6.07, 6.45) is -4.38. The first-order valence-corrected chi connectivity index (χ1v) is 9.91. The number of nitrogens with zero attached hydrogens (tertiary/aromatic N) is 1. The van der Waals surface area contributed by atoms with Crippen molar-refractivity contribution in [3.8, 4) is 16.9 Å². The van der Waals surface area contributed by atoms with E-state index in [0.717, 1.165) is 24.3 Å². The van der Waals surface area contributed by atoms with Crippen LogP contribution in [0.4, 0.5) is 32.0 Å². The molecule has 0 bridgehead atoms. The Morgan fingerprint density at radius 3 is 2.33 bits per heavy atom. The van der Waals surface area contributed by atoms with E-state index >= 15 is 0 Å². The van der Waals surface area contributed by atoms with Gasteiger partial charge in [-0.05, 0) is 41.8 Å². The number of methoxy groups -OCH3 is 1. The second-order valence-corrected chi connectivity index (χ2v) is 7.59. The van der Waals surface area contributed by atoms with Crippen LogP contribution < -0.4 is 9.64 Å². The second kappa shape index (κ2) is 8.46. The maximum Gasteiger partial charge on any atom is 0.419 e. The fraction of sp³-hybridized carbons (Fsp3) is 0.208. The average Bonchev–Trinajstić information content (AvgIpc) is 2.75. The summed E-state index contributed by atoms with van der Waals surface area (Å²) < 4.78 is 85.7. The summed E-state index contributed by atoms with van der Waals surface area (Å²) in [5.74, 6) is -3.02. The minimum atomic E-state index is -4.82. The largest absolute Gasteiger partial charge is 0.496 e. The van der Waals surface area contributed by atoms with Gasteiger partial charge in [-0.2, -0.15) is 13.2 Å². The minimum absolute atomic E-state index is 0.114. The maximum atomic E-state index is 14.2. The highest BCUT2D eigenvalue weighted by Crippen LogP contribution is 2.41. The van der Waals surface area contributed by atoms with Gasteiger partial charge in [0.2, 0.25) is 5.91 Å². The molecule has 0 N–H and O–H groups in total. The SMILES string of the molecule is COc1cc2c(cc1-c1ccc(C(F)(F)F)c(F)c1)CCC(=O)N2Cc1ccc(F)cc1F. The van der Waals surface area contributed by atoms with E-state index in [0.29, 0.717) is 29.3 Å². The maximum absolute atomic E-state index is 14.2. The van der Waals surface area contributed by atoms with E-state index in [1.807, 2.05) is 0 Å². The zero-order valence-corrected chi connectivity index (χ0v) is 17.3. The van der Waals surface area contributed by atoms with Gasteiger partial charge in [-0.25, -0.2) is 13.2 Å². The molecule has 4 rings (SSSR count). The minimum Gasteiger partial charge on any atom is -0.496 e. The summed E-state index contributed by atoms with van der Waals surface area (Å²) >= 11 is 0. The van der Waals surface area contributed by atoms with E-state index in [-0.39, 0.29) is 35.7 Å². The molecule has 0 radical (unpaired) electrons. The van der Waals surface area contributed by atoms with Crippen molar-refractivity contribution in [1.82, 2.24) is 0 Å². The van der Waals surface area contributed by atoms with Crippen LogP contribution in [0.2, 0.25) is 0 Å². The lowest BCUT2D eigenvalue weighted by atomic mass is 9.94. The summed E-state index contributed by atoms with van der Waals surface area (Å²) in [6.45, 7) is -0.143. The van der Waals surface area contributed by atoms with Crippen molar-refractivity contribution in [1.29, 1.82) is 0 Å². The molecule has 0 aromatic heterocycles. The molecule has 1 heterocycles. The number of benzene rings is 3. The Morgan fingerprint density at radius 1 is 0.939 bits per heavy atom. The number of aryl methyl sites for hydroxylation is 1. The van der Waals surface area contributed by atoms with E-state index in [9.17, 15) is 31.1 Å². The number of halogens is 6. The molecule has 1 amide bonds. The highest BCUT2D eigenvalue weighted by molar-refractivity contribution is 5.97. The van der Waals surface area contributed by atoms with Gasteiger partial charge in [-0.3, -0.25) is 4.79 Å². The third-order valence-corrected chi connectivity index (χ3v) is 5.53. The first kappa shape index (κ1) is 22.7. The number of carbonyl (C=O) groups is 1. The fourth-order valence-electron chi connectivity index (χ4n) is 3.88. The topological polar surface area (TPSA) is 29.5 Å². The van der Waals surface area contributed by atoms with E-state index in [4.69, 9.17) is 4.74 Å². The first-order valence-electron chi connectivity index (χ1n) is 9.91. The van der Waals surface area contributed by atoms with Crippen LogP contribution in [0.15, 0.2) is 48.5 Å². The van der Waals surface area contributed by atoms with Crippen LogP contribution >= 0.6 is 0 Å². The number of anilines is 1. The smallest absolute Gasteiger partial charge is 0.419 e. The number of hydrogen-bond donors (Lipinski definition) is 0. The second-order valence-electron chi connectivity index (χ2n) is 7.59. The van der Waals surface area contributed by atoms with Crippen molar-refractivity contribution < 1.29 is 35.9 Å². The Labute approximate surface area is 185 Å². The lowest BCUT2D eigenvalue weighted by Crippen LogP contribution is -2.35. The summed E-state index contributed by atoms with van der Waals surface area (Å²) in [5.41, 5.74) is 0.363. The van der Waals surface area contributed by atoms with Crippen LogP contribution in [0, 0.1) is 17.5 Å². The predicted molar refractivity (Wildman–Crippen MR) is 109 cm³/mol. The molecule has 0 saturated heterocycles. The monoisotopic (exact) mass is 465 g/mol. The number of hydrogen-bond acceptors (Lipinski definition) is 2. The van der Waals surface area contributed by atoms with Crippen LogP contribution in [0.3, 0.4) is 0 Å². The summed E-state index contributed by atoms with van der Waals surface area (Å²) in [7, 11) is 1.33. The highest BCUT2D eigenvalue weighted by Gasteiger charge is 2.34. The quantitative estimate of drug-likeness (QED) is 0.425. The summed E-state index contributed by atoms with van der Waals surface area (Å²) in [4.78, 5) is 13.9. The predicted octanol–water partition coefficient (Wildman–Crippen LogP) is 6.28. The Balaban J connectivity index is 1.76.